The molecule has 0 unspecified atom stereocenters. The molecule has 2 rings (SSSR count). The zero-order chi connectivity index (χ0) is 13.8. The Morgan fingerprint density at radius 2 is 2.05 bits per heavy atom. The van der Waals surface area contributed by atoms with E-state index in [1.807, 2.05) is 0 Å². The molecule has 0 N–H and O–H groups in total. The Balaban J connectivity index is 2.25. The summed E-state index contributed by atoms with van der Waals surface area (Å²) >= 11 is 11.8. The van der Waals surface area contributed by atoms with Crippen LogP contribution in [0.3, 0.4) is 0 Å². The fraction of sp³-hybridized carbons (Fsp3) is 0.0833. The minimum absolute atomic E-state index is 0.0223. The molecule has 0 radical (unpaired) electrons. The molecule has 0 aliphatic rings. The first-order valence-corrected chi connectivity index (χ1v) is 6.00. The van der Waals surface area contributed by atoms with E-state index in [9.17, 15) is 10.1 Å². The number of hydrogen-bond acceptors (Lipinski definition) is 4. The second-order valence-electron chi connectivity index (χ2n) is 3.59. The van der Waals surface area contributed by atoms with Gasteiger partial charge in [-0.25, -0.2) is 4.98 Å². The fourth-order valence-corrected chi connectivity index (χ4v) is 1.86. The summed E-state index contributed by atoms with van der Waals surface area (Å²) in [6.07, 6.45) is 1.55. The van der Waals surface area contributed by atoms with Gasteiger partial charge in [0.05, 0.1) is 9.95 Å². The van der Waals surface area contributed by atoms with Gasteiger partial charge < -0.3 is 4.74 Å². The summed E-state index contributed by atoms with van der Waals surface area (Å²) in [5.74, 6) is 0.0223. The van der Waals surface area contributed by atoms with Crippen molar-refractivity contribution in [2.45, 2.75) is 6.61 Å². The number of nitro benzene ring substituents is 1. The number of nitro groups is 1. The molecule has 5 nitrogen and oxygen atoms in total. The van der Waals surface area contributed by atoms with Crippen LogP contribution in [0.2, 0.25) is 10.2 Å². The summed E-state index contributed by atoms with van der Waals surface area (Å²) in [4.78, 5) is 14.2. The Labute approximate surface area is 118 Å². The largest absolute Gasteiger partial charge is 0.481 e. The number of hydrogen-bond donors (Lipinski definition) is 0. The summed E-state index contributed by atoms with van der Waals surface area (Å²) < 4.78 is 5.40. The lowest BCUT2D eigenvalue weighted by atomic mass is 10.3. The molecule has 0 bridgehead atoms. The minimum Gasteiger partial charge on any atom is -0.481 e. The standard InChI is InChI=1S/C12H8Cl2N2O3/c13-9-4-1-5-10(16(17)18)11(9)19-7-8-3-2-6-15-12(8)14/h1-6H,7H2. The lowest BCUT2D eigenvalue weighted by Crippen LogP contribution is -2.00. The maximum Gasteiger partial charge on any atom is 0.312 e. The van der Waals surface area contributed by atoms with E-state index in [2.05, 4.69) is 4.98 Å². The molecule has 0 aliphatic heterocycles. The summed E-state index contributed by atoms with van der Waals surface area (Å²) in [6, 6.07) is 7.76. The molecule has 0 saturated carbocycles. The summed E-state index contributed by atoms with van der Waals surface area (Å²) in [5.41, 5.74) is 0.436. The Hall–Kier alpha value is -1.85. The molecule has 7 heteroatoms. The smallest absolute Gasteiger partial charge is 0.312 e. The van der Waals surface area contributed by atoms with Crippen molar-refractivity contribution in [2.75, 3.05) is 0 Å². The van der Waals surface area contributed by atoms with Gasteiger partial charge in [-0.2, -0.15) is 0 Å². The number of ether oxygens (including phenoxy) is 1. The highest BCUT2D eigenvalue weighted by molar-refractivity contribution is 6.32. The zero-order valence-corrected chi connectivity index (χ0v) is 11.1. The number of halogens is 2. The molecule has 0 atom stereocenters. The van der Waals surface area contributed by atoms with E-state index in [1.165, 1.54) is 18.2 Å². The lowest BCUT2D eigenvalue weighted by molar-refractivity contribution is -0.385. The predicted molar refractivity (Wildman–Crippen MR) is 71.7 cm³/mol. The number of para-hydroxylation sites is 1. The Morgan fingerprint density at radius 1 is 1.26 bits per heavy atom. The van der Waals surface area contributed by atoms with Crippen LogP contribution in [-0.4, -0.2) is 9.91 Å². The van der Waals surface area contributed by atoms with Crippen molar-refractivity contribution in [1.82, 2.24) is 4.98 Å². The molecular weight excluding hydrogens is 291 g/mol. The fourth-order valence-electron chi connectivity index (χ4n) is 1.46. The topological polar surface area (TPSA) is 65.3 Å². The van der Waals surface area contributed by atoms with E-state index in [4.69, 9.17) is 27.9 Å². The van der Waals surface area contributed by atoms with Crippen LogP contribution in [0.25, 0.3) is 0 Å². The number of nitrogens with zero attached hydrogens (tertiary/aromatic N) is 2. The number of benzene rings is 1. The molecule has 2 aromatic rings. The molecule has 0 fully saturated rings. The van der Waals surface area contributed by atoms with Gasteiger partial charge in [0.15, 0.2) is 0 Å². The predicted octanol–water partition coefficient (Wildman–Crippen LogP) is 3.88. The van der Waals surface area contributed by atoms with Crippen LogP contribution in [-0.2, 0) is 6.61 Å². The molecule has 1 aromatic heterocycles. The molecule has 19 heavy (non-hydrogen) atoms. The normalized spacial score (nSPS) is 10.2. The quantitative estimate of drug-likeness (QED) is 0.488. The van der Waals surface area contributed by atoms with Gasteiger partial charge in [0.1, 0.15) is 11.8 Å². The molecule has 0 amide bonds. The lowest BCUT2D eigenvalue weighted by Gasteiger charge is -2.08. The third-order valence-electron chi connectivity index (χ3n) is 2.35. The van der Waals surface area contributed by atoms with E-state index >= 15 is 0 Å². The second kappa shape index (κ2) is 5.86. The Kier molecular flexibility index (Phi) is 4.19. The van der Waals surface area contributed by atoms with Crippen molar-refractivity contribution in [3.63, 3.8) is 0 Å². The average Bonchev–Trinajstić information content (AvgIpc) is 2.38. The van der Waals surface area contributed by atoms with Crippen molar-refractivity contribution >= 4 is 28.9 Å². The summed E-state index contributed by atoms with van der Waals surface area (Å²) in [6.45, 7) is 0.0528. The molecular formula is C12H8Cl2N2O3. The highest BCUT2D eigenvalue weighted by Crippen LogP contribution is 2.35. The minimum atomic E-state index is -0.550. The summed E-state index contributed by atoms with van der Waals surface area (Å²) in [7, 11) is 0. The van der Waals surface area contributed by atoms with Gasteiger partial charge in [-0.05, 0) is 12.1 Å². The first kappa shape index (κ1) is 13.6. The van der Waals surface area contributed by atoms with Crippen LogP contribution in [0.4, 0.5) is 5.69 Å². The Morgan fingerprint density at radius 3 is 2.74 bits per heavy atom. The second-order valence-corrected chi connectivity index (χ2v) is 4.35. The SMILES string of the molecule is O=[N+]([O-])c1cccc(Cl)c1OCc1cccnc1Cl. The van der Waals surface area contributed by atoms with Crippen LogP contribution in [0.15, 0.2) is 36.5 Å². The first-order valence-electron chi connectivity index (χ1n) is 5.24. The molecule has 1 heterocycles. The molecule has 0 saturated heterocycles. The number of pyridine rings is 1. The number of rotatable bonds is 4. The van der Waals surface area contributed by atoms with Gasteiger partial charge in [0, 0.05) is 17.8 Å². The van der Waals surface area contributed by atoms with E-state index in [0.29, 0.717) is 5.56 Å². The summed E-state index contributed by atoms with van der Waals surface area (Å²) in [5, 5.41) is 11.3. The Bertz CT molecular complexity index is 620. The van der Waals surface area contributed by atoms with Crippen LogP contribution in [0.1, 0.15) is 5.56 Å². The van der Waals surface area contributed by atoms with Crippen molar-refractivity contribution in [3.8, 4) is 5.75 Å². The van der Waals surface area contributed by atoms with E-state index in [-0.39, 0.29) is 28.2 Å². The van der Waals surface area contributed by atoms with Crippen LogP contribution >= 0.6 is 23.2 Å². The van der Waals surface area contributed by atoms with E-state index in [0.717, 1.165) is 0 Å². The maximum absolute atomic E-state index is 10.9. The van der Waals surface area contributed by atoms with E-state index in [1.54, 1.807) is 18.3 Å². The van der Waals surface area contributed by atoms with Crippen molar-refractivity contribution in [1.29, 1.82) is 0 Å². The number of aromatic nitrogens is 1. The third-order valence-corrected chi connectivity index (χ3v) is 2.99. The van der Waals surface area contributed by atoms with Gasteiger partial charge in [-0.15, -0.1) is 0 Å². The van der Waals surface area contributed by atoms with Gasteiger partial charge >= 0.3 is 5.69 Å². The van der Waals surface area contributed by atoms with Gasteiger partial charge in [-0.3, -0.25) is 10.1 Å². The van der Waals surface area contributed by atoms with Gasteiger partial charge in [-0.1, -0.05) is 35.3 Å². The van der Waals surface area contributed by atoms with Crippen molar-refractivity contribution < 1.29 is 9.66 Å². The van der Waals surface area contributed by atoms with Gasteiger partial charge in [0.25, 0.3) is 0 Å². The van der Waals surface area contributed by atoms with Gasteiger partial charge in [0.2, 0.25) is 5.75 Å². The zero-order valence-electron chi connectivity index (χ0n) is 9.55. The maximum atomic E-state index is 10.9. The van der Waals surface area contributed by atoms with Crippen LogP contribution in [0.5, 0.6) is 5.75 Å². The highest BCUT2D eigenvalue weighted by Gasteiger charge is 2.18. The average molecular weight is 299 g/mol. The first-order chi connectivity index (χ1) is 9.09. The van der Waals surface area contributed by atoms with Crippen LogP contribution in [0, 0.1) is 10.1 Å². The van der Waals surface area contributed by atoms with Crippen molar-refractivity contribution in [2.24, 2.45) is 0 Å². The molecule has 98 valence electrons. The molecule has 0 spiro atoms. The third kappa shape index (κ3) is 3.13. The highest BCUT2D eigenvalue weighted by atomic mass is 35.5. The van der Waals surface area contributed by atoms with Crippen LogP contribution < -0.4 is 4.74 Å². The monoisotopic (exact) mass is 298 g/mol. The molecule has 1 aromatic carbocycles. The van der Waals surface area contributed by atoms with Crippen molar-refractivity contribution in [3.05, 3.63) is 62.4 Å². The van der Waals surface area contributed by atoms with E-state index < -0.39 is 4.92 Å². The molecule has 0 aliphatic carbocycles.